The van der Waals surface area contributed by atoms with Gasteiger partial charge in [0.15, 0.2) is 0 Å². The van der Waals surface area contributed by atoms with Crippen LogP contribution in [0.2, 0.25) is 0 Å². The van der Waals surface area contributed by atoms with E-state index in [0.717, 1.165) is 0 Å². The van der Waals surface area contributed by atoms with E-state index in [1.165, 1.54) is 6.92 Å². The third kappa shape index (κ3) is 8.65. The van der Waals surface area contributed by atoms with Gasteiger partial charge < -0.3 is 31.9 Å². The van der Waals surface area contributed by atoms with E-state index in [4.69, 9.17) is 15.9 Å². The average Bonchev–Trinajstić information content (AvgIpc) is 2.50. The van der Waals surface area contributed by atoms with Crippen molar-refractivity contribution < 1.29 is 34.2 Å². The van der Waals surface area contributed by atoms with Crippen molar-refractivity contribution in [1.29, 1.82) is 0 Å². The minimum absolute atomic E-state index is 0.225. The Balaban J connectivity index is 4.74. The van der Waals surface area contributed by atoms with E-state index in [1.807, 2.05) is 0 Å². The Morgan fingerprint density at radius 2 is 1.52 bits per heavy atom. The Labute approximate surface area is 144 Å². The van der Waals surface area contributed by atoms with Crippen LogP contribution in [0.5, 0.6) is 0 Å². The molecule has 7 N–H and O–H groups in total. The molecule has 3 unspecified atom stereocenters. The van der Waals surface area contributed by atoms with Crippen molar-refractivity contribution in [2.24, 2.45) is 11.7 Å². The summed E-state index contributed by atoms with van der Waals surface area (Å²) in [6, 6.07) is -3.49. The number of hydrogen-bond acceptors (Lipinski definition) is 6. The molecule has 11 heteroatoms. The fourth-order valence-electron chi connectivity index (χ4n) is 1.60. The van der Waals surface area contributed by atoms with Gasteiger partial charge in [0.1, 0.15) is 12.1 Å². The fourth-order valence-corrected chi connectivity index (χ4v) is 1.60. The van der Waals surface area contributed by atoms with Gasteiger partial charge in [0.05, 0.1) is 19.0 Å². The van der Waals surface area contributed by atoms with E-state index in [9.17, 15) is 24.0 Å². The number of carbonyl (C=O) groups excluding carboxylic acids is 3. The molecule has 3 amide bonds. The van der Waals surface area contributed by atoms with Crippen molar-refractivity contribution >= 4 is 29.7 Å². The molecule has 0 aliphatic heterocycles. The predicted molar refractivity (Wildman–Crippen MR) is 85.2 cm³/mol. The lowest BCUT2D eigenvalue weighted by Crippen LogP contribution is -2.54. The zero-order valence-corrected chi connectivity index (χ0v) is 14.2. The molecular formula is C14H24N4O7. The van der Waals surface area contributed by atoms with Crippen LogP contribution in [0.4, 0.5) is 0 Å². The van der Waals surface area contributed by atoms with Gasteiger partial charge in [0.2, 0.25) is 17.7 Å². The summed E-state index contributed by atoms with van der Waals surface area (Å²) in [6.45, 7) is 4.04. The molecule has 0 rings (SSSR count). The van der Waals surface area contributed by atoms with Crippen LogP contribution in [-0.4, -0.2) is 64.5 Å². The first-order valence-electron chi connectivity index (χ1n) is 7.53. The molecule has 0 aromatic heterocycles. The molecule has 0 aromatic carbocycles. The van der Waals surface area contributed by atoms with Crippen LogP contribution in [0, 0.1) is 5.92 Å². The van der Waals surface area contributed by atoms with Crippen LogP contribution < -0.4 is 21.7 Å². The molecule has 0 heterocycles. The minimum Gasteiger partial charge on any atom is -0.481 e. The van der Waals surface area contributed by atoms with Gasteiger partial charge in [-0.25, -0.2) is 0 Å². The Morgan fingerprint density at radius 3 is 1.96 bits per heavy atom. The van der Waals surface area contributed by atoms with Gasteiger partial charge in [-0.2, -0.15) is 0 Å². The summed E-state index contributed by atoms with van der Waals surface area (Å²) in [5.41, 5.74) is 5.63. The fraction of sp³-hybridized carbons (Fsp3) is 0.643. The van der Waals surface area contributed by atoms with E-state index in [1.54, 1.807) is 13.8 Å². The molecule has 0 fully saturated rings. The standard InChI is InChI=1S/C14H24N4O7/c1-6(2)11(15)13(23)18-8(4-10(20)21)12(22)16-5-9(19)17-7(3)14(24)25/h6-8,11H,4-5,15H2,1-3H3,(H,16,22)(H,17,19)(H,18,23)(H,20,21)(H,24,25). The van der Waals surface area contributed by atoms with Crippen molar-refractivity contribution in [3.63, 3.8) is 0 Å². The lowest BCUT2D eigenvalue weighted by molar-refractivity contribution is -0.142. The van der Waals surface area contributed by atoms with Crippen LogP contribution >= 0.6 is 0 Å². The molecule has 25 heavy (non-hydrogen) atoms. The average molecular weight is 360 g/mol. The molecule has 0 spiro atoms. The van der Waals surface area contributed by atoms with Gasteiger partial charge in [0, 0.05) is 0 Å². The summed E-state index contributed by atoms with van der Waals surface area (Å²) < 4.78 is 0. The molecular weight excluding hydrogens is 336 g/mol. The maximum Gasteiger partial charge on any atom is 0.325 e. The van der Waals surface area contributed by atoms with Crippen LogP contribution in [-0.2, 0) is 24.0 Å². The molecule has 142 valence electrons. The summed E-state index contributed by atoms with van der Waals surface area (Å²) in [4.78, 5) is 56.9. The number of nitrogens with two attached hydrogens (primary N) is 1. The van der Waals surface area contributed by atoms with Crippen LogP contribution in [0.1, 0.15) is 27.2 Å². The van der Waals surface area contributed by atoms with Crippen molar-refractivity contribution in [3.8, 4) is 0 Å². The number of carbonyl (C=O) groups is 5. The Kier molecular flexibility index (Phi) is 9.13. The Hall–Kier alpha value is -2.69. The summed E-state index contributed by atoms with van der Waals surface area (Å²) in [5.74, 6) is -5.18. The molecule has 11 nitrogen and oxygen atoms in total. The smallest absolute Gasteiger partial charge is 0.325 e. The number of aliphatic carboxylic acids is 2. The second-order valence-electron chi connectivity index (χ2n) is 5.77. The van der Waals surface area contributed by atoms with Gasteiger partial charge in [0.25, 0.3) is 0 Å². The minimum atomic E-state index is -1.42. The molecule has 3 atom stereocenters. The lowest BCUT2D eigenvalue weighted by Gasteiger charge is -2.21. The second kappa shape index (κ2) is 10.2. The summed E-state index contributed by atoms with van der Waals surface area (Å²) in [7, 11) is 0. The topological polar surface area (TPSA) is 188 Å². The molecule has 0 bridgehead atoms. The third-order valence-electron chi connectivity index (χ3n) is 3.20. The third-order valence-corrected chi connectivity index (χ3v) is 3.20. The zero-order valence-electron chi connectivity index (χ0n) is 14.2. The van der Waals surface area contributed by atoms with E-state index in [-0.39, 0.29) is 5.92 Å². The highest BCUT2D eigenvalue weighted by atomic mass is 16.4. The normalized spacial score (nSPS) is 14.1. The number of amides is 3. The Bertz CT molecular complexity index is 535. The van der Waals surface area contributed by atoms with Crippen molar-refractivity contribution in [3.05, 3.63) is 0 Å². The first kappa shape index (κ1) is 22.3. The van der Waals surface area contributed by atoms with Crippen LogP contribution in [0.3, 0.4) is 0 Å². The first-order chi connectivity index (χ1) is 11.5. The zero-order chi connectivity index (χ0) is 19.7. The summed E-state index contributed by atoms with van der Waals surface area (Å²) >= 11 is 0. The highest BCUT2D eigenvalue weighted by Gasteiger charge is 2.27. The molecule has 0 saturated carbocycles. The monoisotopic (exact) mass is 360 g/mol. The van der Waals surface area contributed by atoms with Crippen molar-refractivity contribution in [1.82, 2.24) is 16.0 Å². The van der Waals surface area contributed by atoms with Crippen LogP contribution in [0.25, 0.3) is 0 Å². The maximum absolute atomic E-state index is 12.0. The molecule has 0 aromatic rings. The van der Waals surface area contributed by atoms with Gasteiger partial charge in [-0.1, -0.05) is 13.8 Å². The number of rotatable bonds is 10. The van der Waals surface area contributed by atoms with E-state index < -0.39 is 60.8 Å². The van der Waals surface area contributed by atoms with E-state index in [0.29, 0.717) is 0 Å². The maximum atomic E-state index is 12.0. The van der Waals surface area contributed by atoms with Gasteiger partial charge in [-0.3, -0.25) is 24.0 Å². The van der Waals surface area contributed by atoms with Crippen molar-refractivity contribution in [2.45, 2.75) is 45.3 Å². The number of carboxylic acids is 2. The number of hydrogen-bond donors (Lipinski definition) is 6. The van der Waals surface area contributed by atoms with Crippen LogP contribution in [0.15, 0.2) is 0 Å². The molecule has 0 aliphatic carbocycles. The SMILES string of the molecule is CC(NC(=O)CNC(=O)C(CC(=O)O)NC(=O)C(N)C(C)C)C(=O)O. The molecule has 0 aliphatic rings. The summed E-state index contributed by atoms with van der Waals surface area (Å²) in [6.07, 6.45) is -0.699. The van der Waals surface area contributed by atoms with Gasteiger partial charge in [-0.15, -0.1) is 0 Å². The predicted octanol–water partition coefficient (Wildman–Crippen LogP) is -2.37. The lowest BCUT2D eigenvalue weighted by atomic mass is 10.0. The van der Waals surface area contributed by atoms with Crippen molar-refractivity contribution in [2.75, 3.05) is 6.54 Å². The molecule has 0 radical (unpaired) electrons. The largest absolute Gasteiger partial charge is 0.481 e. The van der Waals surface area contributed by atoms with E-state index in [2.05, 4.69) is 16.0 Å². The summed E-state index contributed by atoms with van der Waals surface area (Å²) in [5, 5.41) is 24.0. The highest BCUT2D eigenvalue weighted by molar-refractivity contribution is 5.94. The number of carboxylic acid groups (broad SMARTS) is 2. The quantitative estimate of drug-likeness (QED) is 0.249. The van der Waals surface area contributed by atoms with Gasteiger partial charge in [-0.05, 0) is 12.8 Å². The number of nitrogens with one attached hydrogen (secondary N) is 3. The Morgan fingerprint density at radius 1 is 0.960 bits per heavy atom. The highest BCUT2D eigenvalue weighted by Crippen LogP contribution is 2.00. The molecule has 0 saturated heterocycles. The first-order valence-corrected chi connectivity index (χ1v) is 7.53. The van der Waals surface area contributed by atoms with Gasteiger partial charge >= 0.3 is 11.9 Å². The van der Waals surface area contributed by atoms with E-state index >= 15 is 0 Å². The second-order valence-corrected chi connectivity index (χ2v) is 5.77.